The van der Waals surface area contributed by atoms with Crippen molar-refractivity contribution in [2.75, 3.05) is 13.2 Å². The largest absolute Gasteiger partial charge is 0.462 e. The highest BCUT2D eigenvalue weighted by Gasteiger charge is 2.19. The van der Waals surface area contributed by atoms with Crippen LogP contribution in [0, 0.1) is 0 Å². The first-order valence-electron chi connectivity index (χ1n) is 33.1. The summed E-state index contributed by atoms with van der Waals surface area (Å²) in [6, 6.07) is 0. The molecule has 0 aromatic heterocycles. The van der Waals surface area contributed by atoms with Crippen LogP contribution in [-0.4, -0.2) is 37.2 Å². The molecule has 1 atom stereocenters. The molecule has 75 heavy (non-hydrogen) atoms. The molecule has 1 unspecified atom stereocenters. The van der Waals surface area contributed by atoms with Crippen molar-refractivity contribution in [1.82, 2.24) is 0 Å². The first-order chi connectivity index (χ1) is 37.0. The average Bonchev–Trinajstić information content (AvgIpc) is 3.41. The van der Waals surface area contributed by atoms with Crippen LogP contribution >= 0.6 is 0 Å². The van der Waals surface area contributed by atoms with Crippen molar-refractivity contribution in [3.63, 3.8) is 0 Å². The smallest absolute Gasteiger partial charge is 0.306 e. The van der Waals surface area contributed by atoms with Gasteiger partial charge in [0.25, 0.3) is 0 Å². The van der Waals surface area contributed by atoms with E-state index in [1.54, 1.807) is 0 Å². The van der Waals surface area contributed by atoms with Gasteiger partial charge in [0.2, 0.25) is 0 Å². The van der Waals surface area contributed by atoms with Crippen molar-refractivity contribution in [2.45, 2.75) is 361 Å². The van der Waals surface area contributed by atoms with Crippen LogP contribution < -0.4 is 0 Å². The van der Waals surface area contributed by atoms with Gasteiger partial charge in [-0.05, 0) is 103 Å². The van der Waals surface area contributed by atoms with E-state index in [1.165, 1.54) is 244 Å². The van der Waals surface area contributed by atoms with Gasteiger partial charge >= 0.3 is 17.9 Å². The van der Waals surface area contributed by atoms with Crippen LogP contribution in [0.15, 0.2) is 48.6 Å². The molecule has 0 aromatic carbocycles. The molecule has 6 heteroatoms. The molecule has 0 aliphatic rings. The summed E-state index contributed by atoms with van der Waals surface area (Å²) in [5.74, 6) is -0.869. The summed E-state index contributed by atoms with van der Waals surface area (Å²) in [6.45, 7) is 6.66. The van der Waals surface area contributed by atoms with Crippen LogP contribution in [0.2, 0.25) is 0 Å². The fourth-order valence-corrected chi connectivity index (χ4v) is 9.76. The molecule has 0 aromatic rings. The molecule has 0 rings (SSSR count). The molecule has 0 spiro atoms. The molecule has 0 bridgehead atoms. The predicted molar refractivity (Wildman–Crippen MR) is 325 cm³/mol. The minimum atomic E-state index is -0.781. The Morgan fingerprint density at radius 3 is 0.760 bits per heavy atom. The summed E-state index contributed by atoms with van der Waals surface area (Å²) in [5.41, 5.74) is 0. The number of carbonyl (C=O) groups is 3. The van der Waals surface area contributed by atoms with Gasteiger partial charge in [-0.25, -0.2) is 0 Å². The van der Waals surface area contributed by atoms with Crippen molar-refractivity contribution < 1.29 is 28.6 Å². The quantitative estimate of drug-likeness (QED) is 0.0261. The lowest BCUT2D eigenvalue weighted by molar-refractivity contribution is -0.167. The van der Waals surface area contributed by atoms with E-state index >= 15 is 0 Å². The lowest BCUT2D eigenvalue weighted by Crippen LogP contribution is -2.30. The lowest BCUT2D eigenvalue weighted by atomic mass is 10.1. The molecule has 0 saturated heterocycles. The lowest BCUT2D eigenvalue weighted by Gasteiger charge is -2.18. The molecular weight excluding hydrogens is 925 g/mol. The number of hydrogen-bond acceptors (Lipinski definition) is 6. The second-order valence-corrected chi connectivity index (χ2v) is 22.4. The molecule has 0 amide bonds. The molecule has 0 radical (unpaired) electrons. The number of carbonyl (C=O) groups excluding carboxylic acids is 3. The normalized spacial score (nSPS) is 12.3. The number of rotatable bonds is 61. The topological polar surface area (TPSA) is 78.9 Å². The molecule has 0 aliphatic carbocycles. The number of esters is 3. The summed E-state index contributed by atoms with van der Waals surface area (Å²) in [6.07, 6.45) is 79.7. The Labute approximate surface area is 467 Å². The van der Waals surface area contributed by atoms with Gasteiger partial charge in [-0.2, -0.15) is 0 Å². The maximum Gasteiger partial charge on any atom is 0.306 e. The van der Waals surface area contributed by atoms with Crippen molar-refractivity contribution in [3.05, 3.63) is 48.6 Å². The van der Waals surface area contributed by atoms with Crippen molar-refractivity contribution in [2.24, 2.45) is 0 Å². The zero-order valence-corrected chi connectivity index (χ0v) is 50.3. The molecule has 0 fully saturated rings. The number of allylic oxidation sites excluding steroid dienone is 8. The van der Waals surface area contributed by atoms with Gasteiger partial charge in [-0.3, -0.25) is 14.4 Å². The van der Waals surface area contributed by atoms with Gasteiger partial charge < -0.3 is 14.2 Å². The van der Waals surface area contributed by atoms with E-state index in [4.69, 9.17) is 14.2 Å². The minimum absolute atomic E-state index is 0.0765. The van der Waals surface area contributed by atoms with Crippen LogP contribution in [-0.2, 0) is 28.6 Å². The van der Waals surface area contributed by atoms with Gasteiger partial charge in [-0.1, -0.05) is 281 Å². The van der Waals surface area contributed by atoms with Gasteiger partial charge in [0.1, 0.15) is 13.2 Å². The predicted octanol–water partition coefficient (Wildman–Crippen LogP) is 22.6. The molecule has 0 aliphatic heterocycles. The monoisotopic (exact) mass is 1050 g/mol. The third-order valence-corrected chi connectivity index (χ3v) is 14.8. The minimum Gasteiger partial charge on any atom is -0.462 e. The SMILES string of the molecule is CCCCCC/C=C\C/C=C\CCCCCCCCCC(=O)OC(COC(=O)CCCCCCCCC/C=C\CCCCCCCCC)COC(=O)CCCCCCCCCCC/C=C\CCCCCCCCCC. The second-order valence-electron chi connectivity index (χ2n) is 22.4. The van der Waals surface area contributed by atoms with Crippen LogP contribution in [0.5, 0.6) is 0 Å². The molecule has 6 nitrogen and oxygen atoms in total. The Kier molecular flexibility index (Phi) is 61.7. The van der Waals surface area contributed by atoms with E-state index in [9.17, 15) is 14.4 Å². The average molecular weight is 1050 g/mol. The highest BCUT2D eigenvalue weighted by Crippen LogP contribution is 2.17. The highest BCUT2D eigenvalue weighted by atomic mass is 16.6. The fourth-order valence-electron chi connectivity index (χ4n) is 9.76. The van der Waals surface area contributed by atoms with E-state index in [2.05, 4.69) is 69.4 Å². The first-order valence-corrected chi connectivity index (χ1v) is 33.1. The standard InChI is InChI=1S/C69H126O6/c1-4-7-10-13-16-19-22-25-28-31-34-35-36-39-41-44-47-50-53-56-59-62-68(71)74-65-66(75-69(72)63-60-57-54-51-48-45-42-38-33-30-27-24-21-18-15-12-9-6-3)64-73-67(70)61-58-55-52-49-46-43-40-37-32-29-26-23-20-17-14-11-8-5-2/h21,24,29-34,66H,4-20,22-23,25-28,35-65H2,1-3H3/b24-21-,32-29-,33-30-,34-31-. The summed E-state index contributed by atoms with van der Waals surface area (Å²) >= 11 is 0. The summed E-state index contributed by atoms with van der Waals surface area (Å²) in [4.78, 5) is 38.4. The van der Waals surface area contributed by atoms with Crippen LogP contribution in [0.1, 0.15) is 355 Å². The van der Waals surface area contributed by atoms with E-state index < -0.39 is 6.10 Å². The Balaban J connectivity index is 4.36. The van der Waals surface area contributed by atoms with Gasteiger partial charge in [0.15, 0.2) is 6.10 Å². The molecule has 0 saturated carbocycles. The van der Waals surface area contributed by atoms with Gasteiger partial charge in [0, 0.05) is 19.3 Å². The number of hydrogen-bond donors (Lipinski definition) is 0. The zero-order valence-electron chi connectivity index (χ0n) is 50.3. The Bertz CT molecular complexity index is 1300. The zero-order chi connectivity index (χ0) is 54.3. The summed E-state index contributed by atoms with van der Waals surface area (Å²) < 4.78 is 17.0. The van der Waals surface area contributed by atoms with Crippen LogP contribution in [0.25, 0.3) is 0 Å². The Morgan fingerprint density at radius 2 is 0.480 bits per heavy atom. The third-order valence-electron chi connectivity index (χ3n) is 14.8. The van der Waals surface area contributed by atoms with E-state index in [0.29, 0.717) is 19.3 Å². The fraction of sp³-hybridized carbons (Fsp3) is 0.841. The van der Waals surface area contributed by atoms with Gasteiger partial charge in [-0.15, -0.1) is 0 Å². The molecule has 0 heterocycles. The van der Waals surface area contributed by atoms with E-state index in [-0.39, 0.29) is 31.1 Å². The van der Waals surface area contributed by atoms with Gasteiger partial charge in [0.05, 0.1) is 0 Å². The van der Waals surface area contributed by atoms with Crippen molar-refractivity contribution in [1.29, 1.82) is 0 Å². The Morgan fingerprint density at radius 1 is 0.267 bits per heavy atom. The highest BCUT2D eigenvalue weighted by molar-refractivity contribution is 5.71. The maximum absolute atomic E-state index is 12.9. The number of unbranched alkanes of at least 4 members (excludes halogenated alkanes) is 42. The summed E-state index contributed by atoms with van der Waals surface area (Å²) in [5, 5.41) is 0. The van der Waals surface area contributed by atoms with E-state index in [0.717, 1.165) is 70.6 Å². The maximum atomic E-state index is 12.9. The van der Waals surface area contributed by atoms with Crippen molar-refractivity contribution in [3.8, 4) is 0 Å². The first kappa shape index (κ1) is 72.4. The summed E-state index contributed by atoms with van der Waals surface area (Å²) in [7, 11) is 0. The molecular formula is C69H126O6. The molecule has 0 N–H and O–H groups in total. The van der Waals surface area contributed by atoms with Crippen LogP contribution in [0.4, 0.5) is 0 Å². The van der Waals surface area contributed by atoms with Crippen LogP contribution in [0.3, 0.4) is 0 Å². The number of ether oxygens (including phenoxy) is 3. The van der Waals surface area contributed by atoms with E-state index in [1.807, 2.05) is 0 Å². The Hall–Kier alpha value is -2.63. The van der Waals surface area contributed by atoms with Crippen molar-refractivity contribution >= 4 is 17.9 Å². The molecule has 438 valence electrons. The second kappa shape index (κ2) is 63.9. The third kappa shape index (κ3) is 62.1.